The summed E-state index contributed by atoms with van der Waals surface area (Å²) >= 11 is 0. The monoisotopic (exact) mass is 380 g/mol. The molecule has 0 heterocycles. The lowest BCUT2D eigenvalue weighted by molar-refractivity contribution is -0.129. The van der Waals surface area contributed by atoms with E-state index in [0.717, 1.165) is 17.7 Å². The zero-order valence-electron chi connectivity index (χ0n) is 14.6. The Hall–Kier alpha value is -2.45. The molecule has 0 unspecified atom stereocenters. The molecule has 0 saturated heterocycles. The molecule has 8 heteroatoms. The average molecular weight is 380 g/mol. The minimum atomic E-state index is -3.76. The van der Waals surface area contributed by atoms with Crippen molar-refractivity contribution in [3.8, 4) is 5.75 Å². The molecular formula is C18H21FN2O4S. The molecule has 0 aliphatic heterocycles. The minimum absolute atomic E-state index is 0.0296. The number of nitrogens with zero attached hydrogens (tertiary/aromatic N) is 1. The van der Waals surface area contributed by atoms with Gasteiger partial charge in [-0.25, -0.2) is 17.5 Å². The minimum Gasteiger partial charge on any atom is -0.496 e. The summed E-state index contributed by atoms with van der Waals surface area (Å²) in [6.07, 6.45) is 0. The molecule has 2 rings (SSSR count). The van der Waals surface area contributed by atoms with Crippen LogP contribution in [0.3, 0.4) is 0 Å². The van der Waals surface area contributed by atoms with Crippen molar-refractivity contribution in [1.82, 2.24) is 9.62 Å². The van der Waals surface area contributed by atoms with Gasteiger partial charge in [-0.15, -0.1) is 0 Å². The van der Waals surface area contributed by atoms with Crippen LogP contribution in [-0.4, -0.2) is 39.4 Å². The zero-order valence-corrected chi connectivity index (χ0v) is 15.4. The highest BCUT2D eigenvalue weighted by molar-refractivity contribution is 7.89. The molecule has 1 N–H and O–H groups in total. The number of para-hydroxylation sites is 1. The molecule has 2 aromatic rings. The molecule has 140 valence electrons. The smallest absolute Gasteiger partial charge is 0.240 e. The van der Waals surface area contributed by atoms with Crippen molar-refractivity contribution in [2.75, 3.05) is 20.2 Å². The van der Waals surface area contributed by atoms with Gasteiger partial charge >= 0.3 is 0 Å². The topological polar surface area (TPSA) is 75.7 Å². The number of rotatable bonds is 8. The van der Waals surface area contributed by atoms with Crippen LogP contribution in [0.5, 0.6) is 5.75 Å². The van der Waals surface area contributed by atoms with E-state index >= 15 is 0 Å². The van der Waals surface area contributed by atoms with Gasteiger partial charge in [0.1, 0.15) is 11.6 Å². The van der Waals surface area contributed by atoms with E-state index in [9.17, 15) is 17.6 Å². The van der Waals surface area contributed by atoms with Gasteiger partial charge in [0.2, 0.25) is 15.9 Å². The Balaban J connectivity index is 2.00. The first-order valence-electron chi connectivity index (χ1n) is 7.96. The predicted octanol–water partition coefficient (Wildman–Crippen LogP) is 2.16. The molecule has 0 aliphatic carbocycles. The molecule has 6 nitrogen and oxygen atoms in total. The number of hydrogen-bond acceptors (Lipinski definition) is 4. The Morgan fingerprint density at radius 1 is 1.15 bits per heavy atom. The number of carbonyl (C=O) groups excluding carboxylic acids is 1. The van der Waals surface area contributed by atoms with Crippen LogP contribution in [0.15, 0.2) is 53.4 Å². The predicted molar refractivity (Wildman–Crippen MR) is 95.7 cm³/mol. The lowest BCUT2D eigenvalue weighted by Gasteiger charge is -2.22. The fraction of sp³-hybridized carbons (Fsp3) is 0.278. The molecular weight excluding hydrogens is 359 g/mol. The third-order valence-electron chi connectivity index (χ3n) is 3.80. The third-order valence-corrected chi connectivity index (χ3v) is 5.27. The molecule has 0 fully saturated rings. The SMILES string of the molecule is COc1ccccc1CN(CCNS(=O)(=O)c1ccc(F)cc1)C(C)=O. The van der Waals surface area contributed by atoms with Gasteiger partial charge in [0, 0.05) is 32.1 Å². The van der Waals surface area contributed by atoms with Crippen LogP contribution < -0.4 is 9.46 Å². The standard InChI is InChI=1S/C18H21FN2O4S/c1-14(22)21(13-15-5-3-4-6-18(15)25-2)12-11-20-26(23,24)17-9-7-16(19)8-10-17/h3-10,20H,11-13H2,1-2H3. The molecule has 1 amide bonds. The number of nitrogens with one attached hydrogen (secondary N) is 1. The van der Waals surface area contributed by atoms with Crippen LogP contribution in [0, 0.1) is 5.82 Å². The van der Waals surface area contributed by atoms with Crippen LogP contribution in [-0.2, 0) is 21.4 Å². The van der Waals surface area contributed by atoms with Gasteiger partial charge in [0.15, 0.2) is 0 Å². The fourth-order valence-corrected chi connectivity index (χ4v) is 3.42. The van der Waals surface area contributed by atoms with Crippen molar-refractivity contribution in [3.05, 3.63) is 59.9 Å². The Labute approximate surface area is 152 Å². The highest BCUT2D eigenvalue weighted by atomic mass is 32.2. The van der Waals surface area contributed by atoms with E-state index in [2.05, 4.69) is 4.72 Å². The van der Waals surface area contributed by atoms with Crippen molar-refractivity contribution in [1.29, 1.82) is 0 Å². The van der Waals surface area contributed by atoms with Crippen LogP contribution in [0.1, 0.15) is 12.5 Å². The number of methoxy groups -OCH3 is 1. The number of benzene rings is 2. The Morgan fingerprint density at radius 3 is 2.42 bits per heavy atom. The van der Waals surface area contributed by atoms with E-state index in [1.807, 2.05) is 18.2 Å². The van der Waals surface area contributed by atoms with E-state index < -0.39 is 15.8 Å². The Morgan fingerprint density at radius 2 is 1.81 bits per heavy atom. The lowest BCUT2D eigenvalue weighted by atomic mass is 10.2. The van der Waals surface area contributed by atoms with Gasteiger partial charge in [-0.2, -0.15) is 0 Å². The first-order valence-corrected chi connectivity index (χ1v) is 9.44. The summed E-state index contributed by atoms with van der Waals surface area (Å²) in [6, 6.07) is 11.9. The fourth-order valence-electron chi connectivity index (χ4n) is 2.40. The van der Waals surface area contributed by atoms with E-state index in [0.29, 0.717) is 12.3 Å². The molecule has 0 saturated carbocycles. The molecule has 0 bridgehead atoms. The van der Waals surface area contributed by atoms with Crippen LogP contribution in [0.25, 0.3) is 0 Å². The number of ether oxygens (including phenoxy) is 1. The van der Waals surface area contributed by atoms with Crippen LogP contribution >= 0.6 is 0 Å². The molecule has 2 aromatic carbocycles. The van der Waals surface area contributed by atoms with E-state index in [-0.39, 0.29) is 23.9 Å². The van der Waals surface area contributed by atoms with Gasteiger partial charge in [-0.3, -0.25) is 4.79 Å². The zero-order chi connectivity index (χ0) is 19.2. The van der Waals surface area contributed by atoms with Gasteiger partial charge in [0.25, 0.3) is 0 Å². The van der Waals surface area contributed by atoms with Gasteiger partial charge in [-0.1, -0.05) is 18.2 Å². The summed E-state index contributed by atoms with van der Waals surface area (Å²) in [5.74, 6) is -0.0361. The summed E-state index contributed by atoms with van der Waals surface area (Å²) < 4.78 is 45.0. The molecule has 0 spiro atoms. The molecule has 26 heavy (non-hydrogen) atoms. The Bertz CT molecular complexity index is 854. The van der Waals surface area contributed by atoms with E-state index in [4.69, 9.17) is 4.74 Å². The normalized spacial score (nSPS) is 11.2. The molecule has 0 radical (unpaired) electrons. The van der Waals surface area contributed by atoms with E-state index in [1.165, 1.54) is 24.0 Å². The number of hydrogen-bond donors (Lipinski definition) is 1. The van der Waals surface area contributed by atoms with Gasteiger partial charge < -0.3 is 9.64 Å². The Kier molecular flexibility index (Phi) is 6.70. The third kappa shape index (κ3) is 5.27. The first-order chi connectivity index (χ1) is 12.3. The largest absolute Gasteiger partial charge is 0.496 e. The van der Waals surface area contributed by atoms with Crippen molar-refractivity contribution < 1.29 is 22.3 Å². The lowest BCUT2D eigenvalue weighted by Crippen LogP contribution is -2.37. The molecule has 0 aliphatic rings. The molecule has 0 aromatic heterocycles. The van der Waals surface area contributed by atoms with Crippen molar-refractivity contribution in [2.24, 2.45) is 0 Å². The van der Waals surface area contributed by atoms with Crippen molar-refractivity contribution in [2.45, 2.75) is 18.4 Å². The summed E-state index contributed by atoms with van der Waals surface area (Å²) in [4.78, 5) is 13.4. The highest BCUT2D eigenvalue weighted by Gasteiger charge is 2.16. The van der Waals surface area contributed by atoms with Gasteiger partial charge in [0.05, 0.1) is 12.0 Å². The van der Waals surface area contributed by atoms with E-state index in [1.54, 1.807) is 13.2 Å². The number of halogens is 1. The highest BCUT2D eigenvalue weighted by Crippen LogP contribution is 2.19. The maximum atomic E-state index is 12.9. The summed E-state index contributed by atoms with van der Waals surface area (Å²) in [6.45, 7) is 1.95. The maximum Gasteiger partial charge on any atom is 0.240 e. The number of sulfonamides is 1. The quantitative estimate of drug-likeness (QED) is 0.762. The van der Waals surface area contributed by atoms with Crippen molar-refractivity contribution >= 4 is 15.9 Å². The number of amides is 1. The van der Waals surface area contributed by atoms with Crippen molar-refractivity contribution in [3.63, 3.8) is 0 Å². The second-order valence-electron chi connectivity index (χ2n) is 5.60. The van der Waals surface area contributed by atoms with Crippen LogP contribution in [0.4, 0.5) is 4.39 Å². The second-order valence-corrected chi connectivity index (χ2v) is 7.37. The number of carbonyl (C=O) groups is 1. The van der Waals surface area contributed by atoms with Crippen LogP contribution in [0.2, 0.25) is 0 Å². The summed E-state index contributed by atoms with van der Waals surface area (Å²) in [5.41, 5.74) is 0.826. The summed E-state index contributed by atoms with van der Waals surface area (Å²) in [7, 11) is -2.21. The molecule has 0 atom stereocenters. The van der Waals surface area contributed by atoms with Gasteiger partial charge in [-0.05, 0) is 30.3 Å². The first kappa shape index (κ1) is 19.9. The summed E-state index contributed by atoms with van der Waals surface area (Å²) in [5, 5.41) is 0. The average Bonchev–Trinajstić information content (AvgIpc) is 2.61. The second kappa shape index (κ2) is 8.77. The maximum absolute atomic E-state index is 12.9.